The van der Waals surface area contributed by atoms with Crippen LogP contribution in [0.3, 0.4) is 0 Å². The molecule has 1 N–H and O–H groups in total. The first kappa shape index (κ1) is 19.3. The number of fused-ring (bicyclic) bond motifs is 1. The van der Waals surface area contributed by atoms with Crippen molar-refractivity contribution in [3.63, 3.8) is 0 Å². The highest BCUT2D eigenvalue weighted by Gasteiger charge is 2.19. The molecule has 1 aliphatic heterocycles. The van der Waals surface area contributed by atoms with Crippen LogP contribution in [-0.2, 0) is 4.74 Å². The zero-order valence-electron chi connectivity index (χ0n) is 16.9. The van der Waals surface area contributed by atoms with E-state index in [9.17, 15) is 4.79 Å². The van der Waals surface area contributed by atoms with E-state index in [0.717, 1.165) is 37.0 Å². The molecular formula is C21H25N5O3. The van der Waals surface area contributed by atoms with Crippen molar-refractivity contribution >= 4 is 22.5 Å². The van der Waals surface area contributed by atoms with Crippen LogP contribution in [0.25, 0.3) is 10.9 Å². The van der Waals surface area contributed by atoms with Crippen LogP contribution < -0.4 is 10.1 Å². The van der Waals surface area contributed by atoms with Gasteiger partial charge in [0.05, 0.1) is 24.4 Å². The molecule has 0 bridgehead atoms. The van der Waals surface area contributed by atoms with Crippen molar-refractivity contribution in [1.82, 2.24) is 19.7 Å². The lowest BCUT2D eigenvalue weighted by Gasteiger charge is -2.22. The van der Waals surface area contributed by atoms with Crippen molar-refractivity contribution in [2.45, 2.75) is 38.6 Å². The van der Waals surface area contributed by atoms with Crippen molar-refractivity contribution < 1.29 is 14.3 Å². The normalized spacial score (nSPS) is 15.0. The summed E-state index contributed by atoms with van der Waals surface area (Å²) >= 11 is 0. The van der Waals surface area contributed by atoms with Gasteiger partial charge in [-0.15, -0.1) is 0 Å². The third-order valence-electron chi connectivity index (χ3n) is 5.08. The molecule has 3 aromatic rings. The van der Waals surface area contributed by atoms with E-state index in [2.05, 4.69) is 15.3 Å². The molecule has 152 valence electrons. The highest BCUT2D eigenvalue weighted by molar-refractivity contribution is 6.05. The molecule has 0 radical (unpaired) electrons. The number of amides is 1. The van der Waals surface area contributed by atoms with Crippen molar-refractivity contribution in [3.8, 4) is 5.75 Å². The quantitative estimate of drug-likeness (QED) is 0.710. The molecule has 1 saturated heterocycles. The Labute approximate surface area is 169 Å². The van der Waals surface area contributed by atoms with E-state index in [-0.39, 0.29) is 11.8 Å². The summed E-state index contributed by atoms with van der Waals surface area (Å²) in [5, 5.41) is 8.56. The molecule has 3 heterocycles. The number of aromatic nitrogens is 4. The lowest BCUT2D eigenvalue weighted by Crippen LogP contribution is -2.19. The molecule has 29 heavy (non-hydrogen) atoms. The van der Waals surface area contributed by atoms with Crippen LogP contribution in [0.4, 0.5) is 5.69 Å². The number of anilines is 1. The maximum Gasteiger partial charge on any atom is 0.274 e. The first-order chi connectivity index (χ1) is 14.0. The van der Waals surface area contributed by atoms with Gasteiger partial charge in [0.15, 0.2) is 0 Å². The highest BCUT2D eigenvalue weighted by atomic mass is 16.5. The summed E-state index contributed by atoms with van der Waals surface area (Å²) in [5.41, 5.74) is 1.74. The van der Waals surface area contributed by atoms with Gasteiger partial charge in [-0.25, -0.2) is 9.97 Å². The van der Waals surface area contributed by atoms with E-state index in [1.54, 1.807) is 19.4 Å². The molecule has 0 saturated carbocycles. The number of hydrogen-bond donors (Lipinski definition) is 1. The predicted octanol–water partition coefficient (Wildman–Crippen LogP) is 3.56. The molecular weight excluding hydrogens is 370 g/mol. The molecule has 0 spiro atoms. The molecule has 0 unspecified atom stereocenters. The summed E-state index contributed by atoms with van der Waals surface area (Å²) in [4.78, 5) is 21.3. The van der Waals surface area contributed by atoms with Crippen LogP contribution in [0.1, 0.15) is 55.0 Å². The van der Waals surface area contributed by atoms with Crippen LogP contribution in [-0.4, -0.2) is 46.0 Å². The first-order valence-corrected chi connectivity index (χ1v) is 9.84. The lowest BCUT2D eigenvalue weighted by atomic mass is 10.1. The molecule has 1 aromatic carbocycles. The second-order valence-corrected chi connectivity index (χ2v) is 7.47. The molecule has 8 heteroatoms. The SMILES string of the molecule is COc1cc2nn(C3CCOCC3)cc2cc1NC(=O)c1ccnc(C(C)C)n1. The van der Waals surface area contributed by atoms with E-state index in [1.807, 2.05) is 36.9 Å². The van der Waals surface area contributed by atoms with Gasteiger partial charge in [0.25, 0.3) is 5.91 Å². The number of benzene rings is 1. The maximum absolute atomic E-state index is 12.8. The molecule has 2 aromatic heterocycles. The third kappa shape index (κ3) is 4.07. The van der Waals surface area contributed by atoms with Gasteiger partial charge in [0.2, 0.25) is 0 Å². The second-order valence-electron chi connectivity index (χ2n) is 7.47. The summed E-state index contributed by atoms with van der Waals surface area (Å²) in [6.07, 6.45) is 5.51. The Hall–Kier alpha value is -3.00. The largest absolute Gasteiger partial charge is 0.494 e. The van der Waals surface area contributed by atoms with E-state index in [4.69, 9.17) is 14.6 Å². The van der Waals surface area contributed by atoms with Crippen LogP contribution in [0.2, 0.25) is 0 Å². The Kier molecular flexibility index (Phi) is 5.44. The van der Waals surface area contributed by atoms with Gasteiger partial charge in [0.1, 0.15) is 17.3 Å². The fourth-order valence-electron chi connectivity index (χ4n) is 3.44. The van der Waals surface area contributed by atoms with E-state index in [1.165, 1.54) is 0 Å². The molecule has 1 aliphatic rings. The molecule has 1 fully saturated rings. The van der Waals surface area contributed by atoms with Gasteiger partial charge in [-0.2, -0.15) is 5.10 Å². The number of nitrogens with one attached hydrogen (secondary N) is 1. The minimum atomic E-state index is -0.302. The Morgan fingerprint density at radius 3 is 2.83 bits per heavy atom. The number of carbonyl (C=O) groups is 1. The summed E-state index contributed by atoms with van der Waals surface area (Å²) < 4.78 is 12.9. The van der Waals surface area contributed by atoms with Gasteiger partial charge < -0.3 is 14.8 Å². The Balaban J connectivity index is 1.62. The second kappa shape index (κ2) is 8.16. The topological polar surface area (TPSA) is 91.2 Å². The van der Waals surface area contributed by atoms with Gasteiger partial charge in [-0.1, -0.05) is 13.8 Å². The zero-order valence-corrected chi connectivity index (χ0v) is 16.9. The number of carbonyl (C=O) groups excluding carboxylic acids is 1. The van der Waals surface area contributed by atoms with Crippen LogP contribution in [0.15, 0.2) is 30.6 Å². The van der Waals surface area contributed by atoms with E-state index >= 15 is 0 Å². The predicted molar refractivity (Wildman–Crippen MR) is 109 cm³/mol. The summed E-state index contributed by atoms with van der Waals surface area (Å²) in [6, 6.07) is 5.67. The molecule has 0 aliphatic carbocycles. The number of rotatable bonds is 5. The Bertz CT molecular complexity index is 1020. The highest BCUT2D eigenvalue weighted by Crippen LogP contribution is 2.31. The van der Waals surface area contributed by atoms with Crippen LogP contribution in [0, 0.1) is 0 Å². The Morgan fingerprint density at radius 2 is 2.10 bits per heavy atom. The van der Waals surface area contributed by atoms with Gasteiger partial charge in [-0.05, 0) is 25.0 Å². The maximum atomic E-state index is 12.8. The number of methoxy groups -OCH3 is 1. The summed E-state index contributed by atoms with van der Waals surface area (Å²) in [7, 11) is 1.58. The van der Waals surface area contributed by atoms with Gasteiger partial charge in [0, 0.05) is 43.0 Å². The lowest BCUT2D eigenvalue weighted by molar-refractivity contribution is 0.0664. The fraction of sp³-hybridized carbons (Fsp3) is 0.429. The monoisotopic (exact) mass is 395 g/mol. The number of hydrogen-bond acceptors (Lipinski definition) is 6. The van der Waals surface area contributed by atoms with E-state index < -0.39 is 0 Å². The van der Waals surface area contributed by atoms with Crippen molar-refractivity contribution in [3.05, 3.63) is 42.1 Å². The molecule has 0 atom stereocenters. The number of nitrogens with zero attached hydrogens (tertiary/aromatic N) is 4. The third-order valence-corrected chi connectivity index (χ3v) is 5.08. The van der Waals surface area contributed by atoms with Crippen molar-refractivity contribution in [2.24, 2.45) is 0 Å². The van der Waals surface area contributed by atoms with Crippen molar-refractivity contribution in [1.29, 1.82) is 0 Å². The minimum Gasteiger partial charge on any atom is -0.494 e. The van der Waals surface area contributed by atoms with E-state index in [0.29, 0.717) is 29.0 Å². The van der Waals surface area contributed by atoms with Crippen molar-refractivity contribution in [2.75, 3.05) is 25.6 Å². The first-order valence-electron chi connectivity index (χ1n) is 9.84. The van der Waals surface area contributed by atoms with Crippen LogP contribution in [0.5, 0.6) is 5.75 Å². The standard InChI is InChI=1S/C21H25N5O3/c1-13(2)20-22-7-4-16(23-20)21(27)24-18-10-14-12-26(15-5-8-29-9-6-15)25-17(14)11-19(18)28-3/h4,7,10-13,15H,5-6,8-9H2,1-3H3,(H,24,27). The zero-order chi connectivity index (χ0) is 20.4. The minimum absolute atomic E-state index is 0.143. The average Bonchev–Trinajstić information content (AvgIpc) is 3.16. The number of ether oxygens (including phenoxy) is 2. The fourth-order valence-corrected chi connectivity index (χ4v) is 3.44. The van der Waals surface area contributed by atoms with Crippen LogP contribution >= 0.6 is 0 Å². The van der Waals surface area contributed by atoms with Gasteiger partial charge >= 0.3 is 0 Å². The molecule has 1 amide bonds. The summed E-state index contributed by atoms with van der Waals surface area (Å²) in [6.45, 7) is 5.49. The molecule has 4 rings (SSSR count). The average molecular weight is 395 g/mol. The smallest absolute Gasteiger partial charge is 0.274 e. The summed E-state index contributed by atoms with van der Waals surface area (Å²) in [5.74, 6) is 1.03. The Morgan fingerprint density at radius 1 is 1.31 bits per heavy atom. The van der Waals surface area contributed by atoms with Gasteiger partial charge in [-0.3, -0.25) is 9.48 Å². The molecule has 8 nitrogen and oxygen atoms in total.